The van der Waals surface area contributed by atoms with Crippen LogP contribution >= 0.6 is 11.8 Å². The highest BCUT2D eigenvalue weighted by molar-refractivity contribution is 7.99. The molecule has 1 amide bonds. The molecule has 1 aliphatic rings. The van der Waals surface area contributed by atoms with Crippen molar-refractivity contribution in [2.24, 2.45) is 0 Å². The Morgan fingerprint density at radius 1 is 1.41 bits per heavy atom. The van der Waals surface area contributed by atoms with Gasteiger partial charge in [0.15, 0.2) is 0 Å². The fourth-order valence-electron chi connectivity index (χ4n) is 2.06. The maximum atomic E-state index is 12.1. The lowest BCUT2D eigenvalue weighted by Crippen LogP contribution is -2.57. The summed E-state index contributed by atoms with van der Waals surface area (Å²) < 4.78 is 0. The number of unbranched alkanes of at least 4 members (excludes halogenated alkanes) is 1. The lowest BCUT2D eigenvalue weighted by molar-refractivity contribution is -0.134. The highest BCUT2D eigenvalue weighted by atomic mass is 32.2. The van der Waals surface area contributed by atoms with Crippen LogP contribution in [0, 0.1) is 0 Å². The van der Waals surface area contributed by atoms with E-state index in [0.717, 1.165) is 18.8 Å². The predicted molar refractivity (Wildman–Crippen MR) is 75.5 cm³/mol. The van der Waals surface area contributed by atoms with Gasteiger partial charge in [-0.1, -0.05) is 13.3 Å². The normalized spacial score (nSPS) is 25.0. The second-order valence-corrected chi connectivity index (χ2v) is 6.01. The van der Waals surface area contributed by atoms with Gasteiger partial charge in [0.1, 0.15) is 0 Å². The SMILES string of the molecule is CCCCSCCC(=O)N1CCNC(C)C1C. The lowest BCUT2D eigenvalue weighted by Gasteiger charge is -2.38. The number of hydrogen-bond acceptors (Lipinski definition) is 3. The van der Waals surface area contributed by atoms with Gasteiger partial charge in [-0.2, -0.15) is 11.8 Å². The molecule has 2 unspecified atom stereocenters. The molecule has 0 aromatic heterocycles. The molecule has 0 aromatic rings. The van der Waals surface area contributed by atoms with Crippen LogP contribution in [0.2, 0.25) is 0 Å². The van der Waals surface area contributed by atoms with Crippen molar-refractivity contribution >= 4 is 17.7 Å². The van der Waals surface area contributed by atoms with Crippen LogP contribution in [0.15, 0.2) is 0 Å². The van der Waals surface area contributed by atoms with Crippen molar-refractivity contribution in [3.63, 3.8) is 0 Å². The Morgan fingerprint density at radius 3 is 2.88 bits per heavy atom. The standard InChI is InChI=1S/C13H26N2OS/c1-4-5-9-17-10-6-13(16)15-8-7-14-11(2)12(15)3/h11-12,14H,4-10H2,1-3H3. The third-order valence-electron chi connectivity index (χ3n) is 3.46. The van der Waals surface area contributed by atoms with Crippen LogP contribution in [0.5, 0.6) is 0 Å². The topological polar surface area (TPSA) is 32.3 Å². The molecule has 17 heavy (non-hydrogen) atoms. The van der Waals surface area contributed by atoms with E-state index in [1.54, 1.807) is 0 Å². The van der Waals surface area contributed by atoms with Crippen molar-refractivity contribution in [1.29, 1.82) is 0 Å². The highest BCUT2D eigenvalue weighted by Gasteiger charge is 2.27. The number of carbonyl (C=O) groups is 1. The number of nitrogens with zero attached hydrogens (tertiary/aromatic N) is 1. The van der Waals surface area contributed by atoms with E-state index in [1.807, 2.05) is 16.7 Å². The van der Waals surface area contributed by atoms with E-state index in [-0.39, 0.29) is 0 Å². The zero-order chi connectivity index (χ0) is 12.7. The minimum atomic E-state index is 0.329. The van der Waals surface area contributed by atoms with E-state index in [4.69, 9.17) is 0 Å². The Kier molecular flexibility index (Phi) is 6.97. The molecule has 1 saturated heterocycles. The molecule has 0 spiro atoms. The Hall–Kier alpha value is -0.220. The predicted octanol–water partition coefficient (Wildman–Crippen LogP) is 2.12. The second-order valence-electron chi connectivity index (χ2n) is 4.79. The summed E-state index contributed by atoms with van der Waals surface area (Å²) in [5.41, 5.74) is 0. The number of thioether (sulfide) groups is 1. The summed E-state index contributed by atoms with van der Waals surface area (Å²) in [6, 6.07) is 0.748. The fourth-order valence-corrected chi connectivity index (χ4v) is 3.08. The molecule has 2 atom stereocenters. The van der Waals surface area contributed by atoms with Crippen LogP contribution in [0.25, 0.3) is 0 Å². The molecule has 1 rings (SSSR count). The number of amides is 1. The van der Waals surface area contributed by atoms with E-state index in [9.17, 15) is 4.79 Å². The molecular weight excluding hydrogens is 232 g/mol. The van der Waals surface area contributed by atoms with Gasteiger partial charge in [0.25, 0.3) is 0 Å². The van der Waals surface area contributed by atoms with E-state index in [1.165, 1.54) is 18.6 Å². The summed E-state index contributed by atoms with van der Waals surface area (Å²) >= 11 is 1.91. The van der Waals surface area contributed by atoms with Crippen molar-refractivity contribution in [2.75, 3.05) is 24.6 Å². The smallest absolute Gasteiger partial charge is 0.223 e. The molecule has 0 aromatic carbocycles. The third-order valence-corrected chi connectivity index (χ3v) is 4.53. The van der Waals surface area contributed by atoms with E-state index >= 15 is 0 Å². The van der Waals surface area contributed by atoms with Gasteiger partial charge in [-0.15, -0.1) is 0 Å². The quantitative estimate of drug-likeness (QED) is 0.741. The number of rotatable bonds is 6. The Bertz CT molecular complexity index is 235. The van der Waals surface area contributed by atoms with Gasteiger partial charge in [-0.05, 0) is 26.0 Å². The van der Waals surface area contributed by atoms with Crippen molar-refractivity contribution in [3.05, 3.63) is 0 Å². The molecule has 3 nitrogen and oxygen atoms in total. The molecule has 0 aliphatic carbocycles. The van der Waals surface area contributed by atoms with Crippen molar-refractivity contribution in [2.45, 2.75) is 52.1 Å². The van der Waals surface area contributed by atoms with Gasteiger partial charge in [0.05, 0.1) is 0 Å². The molecule has 0 saturated carbocycles. The van der Waals surface area contributed by atoms with Crippen LogP contribution in [-0.2, 0) is 4.79 Å². The maximum absolute atomic E-state index is 12.1. The number of hydrogen-bond donors (Lipinski definition) is 1. The Morgan fingerprint density at radius 2 is 2.18 bits per heavy atom. The summed E-state index contributed by atoms with van der Waals surface area (Å²) in [6.45, 7) is 8.29. The van der Waals surface area contributed by atoms with E-state index in [2.05, 4.69) is 26.1 Å². The molecule has 1 fully saturated rings. The molecule has 0 radical (unpaired) electrons. The minimum Gasteiger partial charge on any atom is -0.337 e. The van der Waals surface area contributed by atoms with Crippen molar-refractivity contribution in [3.8, 4) is 0 Å². The van der Waals surface area contributed by atoms with Crippen LogP contribution in [0.1, 0.15) is 40.0 Å². The first kappa shape index (κ1) is 14.8. The number of carbonyl (C=O) groups excluding carboxylic acids is 1. The first-order valence-corrected chi connectivity index (χ1v) is 7.93. The molecule has 1 heterocycles. The summed E-state index contributed by atoms with van der Waals surface area (Å²) in [5, 5.41) is 3.40. The van der Waals surface area contributed by atoms with E-state index < -0.39 is 0 Å². The van der Waals surface area contributed by atoms with Gasteiger partial charge in [0, 0.05) is 37.3 Å². The molecule has 1 N–H and O–H groups in total. The zero-order valence-corrected chi connectivity index (χ0v) is 12.2. The fraction of sp³-hybridized carbons (Fsp3) is 0.923. The van der Waals surface area contributed by atoms with Crippen LogP contribution in [-0.4, -0.2) is 47.5 Å². The highest BCUT2D eigenvalue weighted by Crippen LogP contribution is 2.13. The van der Waals surface area contributed by atoms with Gasteiger partial charge < -0.3 is 10.2 Å². The molecule has 0 bridgehead atoms. The van der Waals surface area contributed by atoms with Crippen LogP contribution < -0.4 is 5.32 Å². The van der Waals surface area contributed by atoms with Crippen LogP contribution in [0.3, 0.4) is 0 Å². The Labute approximate surface area is 110 Å². The molecule has 1 aliphatic heterocycles. The number of nitrogens with one attached hydrogen (secondary N) is 1. The van der Waals surface area contributed by atoms with Gasteiger partial charge in [0.2, 0.25) is 5.91 Å². The monoisotopic (exact) mass is 258 g/mol. The number of piperazine rings is 1. The molecule has 4 heteroatoms. The summed E-state index contributed by atoms with van der Waals surface area (Å²) in [6.07, 6.45) is 3.21. The average molecular weight is 258 g/mol. The minimum absolute atomic E-state index is 0.329. The first-order valence-electron chi connectivity index (χ1n) is 6.77. The lowest BCUT2D eigenvalue weighted by atomic mass is 10.1. The third kappa shape index (κ3) is 4.88. The summed E-state index contributed by atoms with van der Waals surface area (Å²) in [5.74, 6) is 2.50. The van der Waals surface area contributed by atoms with E-state index in [0.29, 0.717) is 24.4 Å². The Balaban J connectivity index is 2.22. The largest absolute Gasteiger partial charge is 0.337 e. The first-order chi connectivity index (χ1) is 8.16. The average Bonchev–Trinajstić information content (AvgIpc) is 2.32. The summed E-state index contributed by atoms with van der Waals surface area (Å²) in [7, 11) is 0. The second kappa shape index (κ2) is 7.98. The zero-order valence-electron chi connectivity index (χ0n) is 11.4. The van der Waals surface area contributed by atoms with Gasteiger partial charge in [-0.3, -0.25) is 4.79 Å². The summed E-state index contributed by atoms with van der Waals surface area (Å²) in [4.78, 5) is 14.1. The molecule has 100 valence electrons. The van der Waals surface area contributed by atoms with Gasteiger partial charge in [-0.25, -0.2) is 0 Å². The molecular formula is C13H26N2OS. The van der Waals surface area contributed by atoms with Gasteiger partial charge >= 0.3 is 0 Å². The maximum Gasteiger partial charge on any atom is 0.223 e. The van der Waals surface area contributed by atoms with Crippen molar-refractivity contribution < 1.29 is 4.79 Å². The van der Waals surface area contributed by atoms with Crippen molar-refractivity contribution in [1.82, 2.24) is 10.2 Å². The van der Waals surface area contributed by atoms with Crippen LogP contribution in [0.4, 0.5) is 0 Å².